The van der Waals surface area contributed by atoms with E-state index in [0.717, 1.165) is 32.5 Å². The number of nitrogens with two attached hydrogens (primary N) is 1. The van der Waals surface area contributed by atoms with Crippen LogP contribution in [0.15, 0.2) is 0 Å². The smallest absolute Gasteiger partial charge is 0.0727 e. The van der Waals surface area contributed by atoms with Crippen molar-refractivity contribution in [2.45, 2.75) is 37.8 Å². The molecule has 0 aromatic heterocycles. The van der Waals surface area contributed by atoms with Gasteiger partial charge in [0.05, 0.1) is 6.10 Å². The molecule has 1 fully saturated rings. The Bertz CT molecular complexity index is 140. The predicted octanol–water partition coefficient (Wildman–Crippen LogP) is 0.919. The van der Waals surface area contributed by atoms with Crippen molar-refractivity contribution in [3.63, 3.8) is 0 Å². The molecule has 3 nitrogen and oxygen atoms in total. The zero-order chi connectivity index (χ0) is 9.03. The summed E-state index contributed by atoms with van der Waals surface area (Å²) in [4.78, 5) is 0. The van der Waals surface area contributed by atoms with Gasteiger partial charge in [-0.25, -0.2) is 0 Å². The second-order valence-corrected chi connectivity index (χ2v) is 3.59. The summed E-state index contributed by atoms with van der Waals surface area (Å²) in [6, 6.07) is 0. The summed E-state index contributed by atoms with van der Waals surface area (Å²) < 4.78 is 10.4. The lowest BCUT2D eigenvalue weighted by atomic mass is 9.88. The van der Waals surface area contributed by atoms with Crippen LogP contribution in [0.4, 0.5) is 0 Å². The molecular formula is C9H19NO2. The molecule has 1 aliphatic rings. The van der Waals surface area contributed by atoms with Crippen molar-refractivity contribution in [3.8, 4) is 0 Å². The zero-order valence-electron chi connectivity index (χ0n) is 8.01. The van der Waals surface area contributed by atoms with Crippen LogP contribution in [0, 0.1) is 0 Å². The van der Waals surface area contributed by atoms with Crippen LogP contribution in [0.1, 0.15) is 26.2 Å². The molecule has 2 unspecified atom stereocenters. The Balaban J connectivity index is 2.27. The highest BCUT2D eigenvalue weighted by molar-refractivity contribution is 4.94. The number of hydrogen-bond acceptors (Lipinski definition) is 3. The number of methoxy groups -OCH3 is 1. The maximum absolute atomic E-state index is 6.16. The minimum atomic E-state index is -0.0987. The van der Waals surface area contributed by atoms with Crippen molar-refractivity contribution in [1.82, 2.24) is 0 Å². The molecular weight excluding hydrogens is 154 g/mol. The molecule has 0 aliphatic carbocycles. The summed E-state index contributed by atoms with van der Waals surface area (Å²) in [5.74, 6) is 0. The Morgan fingerprint density at radius 1 is 1.67 bits per heavy atom. The van der Waals surface area contributed by atoms with E-state index in [0.29, 0.717) is 0 Å². The second-order valence-electron chi connectivity index (χ2n) is 3.59. The third-order valence-electron chi connectivity index (χ3n) is 2.74. The van der Waals surface area contributed by atoms with Crippen LogP contribution in [0.2, 0.25) is 0 Å². The molecule has 12 heavy (non-hydrogen) atoms. The lowest BCUT2D eigenvalue weighted by Gasteiger charge is -2.27. The van der Waals surface area contributed by atoms with E-state index in [1.165, 1.54) is 0 Å². The van der Waals surface area contributed by atoms with Crippen LogP contribution in [-0.2, 0) is 9.47 Å². The van der Waals surface area contributed by atoms with E-state index in [2.05, 4.69) is 6.92 Å². The van der Waals surface area contributed by atoms with Gasteiger partial charge in [-0.3, -0.25) is 0 Å². The summed E-state index contributed by atoms with van der Waals surface area (Å²) in [7, 11) is 1.72. The van der Waals surface area contributed by atoms with E-state index in [1.807, 2.05) is 0 Å². The zero-order valence-corrected chi connectivity index (χ0v) is 8.01. The summed E-state index contributed by atoms with van der Waals surface area (Å²) in [6.45, 7) is 3.66. The SMILES string of the molecule is COCCCC1(N)CCOC1C. The minimum absolute atomic E-state index is 0.0987. The fourth-order valence-corrected chi connectivity index (χ4v) is 1.67. The lowest BCUT2D eigenvalue weighted by Crippen LogP contribution is -2.46. The van der Waals surface area contributed by atoms with Gasteiger partial charge in [0.15, 0.2) is 0 Å². The first kappa shape index (κ1) is 9.96. The highest BCUT2D eigenvalue weighted by atomic mass is 16.5. The van der Waals surface area contributed by atoms with Gasteiger partial charge in [-0.1, -0.05) is 0 Å². The molecule has 1 rings (SSSR count). The molecule has 0 amide bonds. The highest BCUT2D eigenvalue weighted by Gasteiger charge is 2.36. The maximum atomic E-state index is 6.16. The summed E-state index contributed by atoms with van der Waals surface area (Å²) in [5.41, 5.74) is 6.06. The van der Waals surface area contributed by atoms with Gasteiger partial charge in [0.2, 0.25) is 0 Å². The Hall–Kier alpha value is -0.120. The second kappa shape index (κ2) is 4.21. The molecule has 1 aliphatic heterocycles. The number of hydrogen-bond donors (Lipinski definition) is 1. The van der Waals surface area contributed by atoms with Gasteiger partial charge in [0, 0.05) is 25.9 Å². The van der Waals surface area contributed by atoms with Crippen molar-refractivity contribution in [3.05, 3.63) is 0 Å². The van der Waals surface area contributed by atoms with Gasteiger partial charge in [-0.15, -0.1) is 0 Å². The molecule has 0 spiro atoms. The lowest BCUT2D eigenvalue weighted by molar-refractivity contribution is 0.0884. The van der Waals surface area contributed by atoms with Crippen LogP contribution >= 0.6 is 0 Å². The van der Waals surface area contributed by atoms with Crippen LogP contribution in [-0.4, -0.2) is 32.0 Å². The molecule has 1 saturated heterocycles. The van der Waals surface area contributed by atoms with Gasteiger partial charge in [0.1, 0.15) is 0 Å². The number of rotatable bonds is 4. The van der Waals surface area contributed by atoms with Gasteiger partial charge < -0.3 is 15.2 Å². The molecule has 0 bridgehead atoms. The average Bonchev–Trinajstić information content (AvgIpc) is 2.34. The Morgan fingerprint density at radius 3 is 2.92 bits per heavy atom. The summed E-state index contributed by atoms with van der Waals surface area (Å²) in [5, 5.41) is 0. The van der Waals surface area contributed by atoms with Crippen molar-refractivity contribution >= 4 is 0 Å². The molecule has 0 aromatic rings. The molecule has 2 N–H and O–H groups in total. The first-order chi connectivity index (χ1) is 5.69. The largest absolute Gasteiger partial charge is 0.385 e. The monoisotopic (exact) mass is 173 g/mol. The topological polar surface area (TPSA) is 44.5 Å². The van der Waals surface area contributed by atoms with Crippen molar-refractivity contribution < 1.29 is 9.47 Å². The molecule has 0 saturated carbocycles. The molecule has 1 heterocycles. The fourth-order valence-electron chi connectivity index (χ4n) is 1.67. The van der Waals surface area contributed by atoms with Gasteiger partial charge >= 0.3 is 0 Å². The van der Waals surface area contributed by atoms with Crippen LogP contribution < -0.4 is 5.73 Å². The van der Waals surface area contributed by atoms with Gasteiger partial charge in [-0.2, -0.15) is 0 Å². The summed E-state index contributed by atoms with van der Waals surface area (Å²) >= 11 is 0. The Kier molecular flexibility index (Phi) is 3.50. The molecule has 0 aromatic carbocycles. The third kappa shape index (κ3) is 2.19. The molecule has 2 atom stereocenters. The average molecular weight is 173 g/mol. The van der Waals surface area contributed by atoms with Crippen molar-refractivity contribution in [2.75, 3.05) is 20.3 Å². The maximum Gasteiger partial charge on any atom is 0.0727 e. The van der Waals surface area contributed by atoms with Crippen molar-refractivity contribution in [2.24, 2.45) is 5.73 Å². The normalized spacial score (nSPS) is 35.8. The first-order valence-electron chi connectivity index (χ1n) is 4.58. The molecule has 0 radical (unpaired) electrons. The van der Waals surface area contributed by atoms with E-state index >= 15 is 0 Å². The van der Waals surface area contributed by atoms with E-state index in [-0.39, 0.29) is 11.6 Å². The fraction of sp³-hybridized carbons (Fsp3) is 1.00. The molecule has 72 valence electrons. The minimum Gasteiger partial charge on any atom is -0.385 e. The Labute approximate surface area is 74.2 Å². The van der Waals surface area contributed by atoms with Crippen LogP contribution in [0.25, 0.3) is 0 Å². The van der Waals surface area contributed by atoms with Crippen molar-refractivity contribution in [1.29, 1.82) is 0 Å². The van der Waals surface area contributed by atoms with E-state index in [1.54, 1.807) is 7.11 Å². The van der Waals surface area contributed by atoms with Crippen LogP contribution in [0.5, 0.6) is 0 Å². The molecule has 3 heteroatoms. The van der Waals surface area contributed by atoms with Crippen LogP contribution in [0.3, 0.4) is 0 Å². The van der Waals surface area contributed by atoms with Gasteiger partial charge in [-0.05, 0) is 26.2 Å². The van der Waals surface area contributed by atoms with Gasteiger partial charge in [0.25, 0.3) is 0 Å². The number of ether oxygens (including phenoxy) is 2. The van der Waals surface area contributed by atoms with E-state index in [9.17, 15) is 0 Å². The standard InChI is InChI=1S/C9H19NO2/c1-8-9(10,5-7-12-8)4-3-6-11-2/h8H,3-7,10H2,1-2H3. The Morgan fingerprint density at radius 2 is 2.42 bits per heavy atom. The quantitative estimate of drug-likeness (QED) is 0.643. The van der Waals surface area contributed by atoms with E-state index < -0.39 is 0 Å². The predicted molar refractivity (Wildman–Crippen MR) is 48.1 cm³/mol. The van der Waals surface area contributed by atoms with E-state index in [4.69, 9.17) is 15.2 Å². The first-order valence-corrected chi connectivity index (χ1v) is 4.58. The highest BCUT2D eigenvalue weighted by Crippen LogP contribution is 2.27. The summed E-state index contributed by atoms with van der Waals surface area (Å²) in [6.07, 6.45) is 3.22. The third-order valence-corrected chi connectivity index (χ3v) is 2.74.